The molecule has 1 saturated heterocycles. The molecule has 5 nitrogen and oxygen atoms in total. The highest BCUT2D eigenvalue weighted by Crippen LogP contribution is 2.34. The second kappa shape index (κ2) is 5.35. The SMILES string of the molecule is O=C(NC1(CO)CCCC1)C1CCCN1C(=O)C1CC1. The molecule has 3 rings (SSSR count). The van der Waals surface area contributed by atoms with Crippen molar-refractivity contribution in [1.29, 1.82) is 0 Å². The van der Waals surface area contributed by atoms with E-state index in [0.717, 1.165) is 51.4 Å². The van der Waals surface area contributed by atoms with Crippen LogP contribution in [0.1, 0.15) is 51.4 Å². The van der Waals surface area contributed by atoms with E-state index in [1.807, 2.05) is 0 Å². The number of amides is 2. The zero-order valence-corrected chi connectivity index (χ0v) is 11.9. The minimum atomic E-state index is -0.437. The Morgan fingerprint density at radius 1 is 1.15 bits per heavy atom. The topological polar surface area (TPSA) is 69.6 Å². The molecule has 3 fully saturated rings. The van der Waals surface area contributed by atoms with E-state index in [1.54, 1.807) is 4.90 Å². The van der Waals surface area contributed by atoms with Crippen molar-refractivity contribution in [3.63, 3.8) is 0 Å². The number of nitrogens with one attached hydrogen (secondary N) is 1. The molecule has 1 aliphatic heterocycles. The minimum absolute atomic E-state index is 0.00202. The van der Waals surface area contributed by atoms with Crippen LogP contribution < -0.4 is 5.32 Å². The van der Waals surface area contributed by atoms with Gasteiger partial charge in [-0.3, -0.25) is 9.59 Å². The Kier molecular flexibility index (Phi) is 3.71. The maximum atomic E-state index is 12.5. The van der Waals surface area contributed by atoms with Gasteiger partial charge in [0.15, 0.2) is 0 Å². The lowest BCUT2D eigenvalue weighted by Crippen LogP contribution is -2.55. The Morgan fingerprint density at radius 2 is 1.85 bits per heavy atom. The van der Waals surface area contributed by atoms with Crippen molar-refractivity contribution in [1.82, 2.24) is 10.2 Å². The highest BCUT2D eigenvalue weighted by atomic mass is 16.3. The van der Waals surface area contributed by atoms with E-state index in [1.165, 1.54) is 0 Å². The van der Waals surface area contributed by atoms with Crippen LogP contribution in [0.25, 0.3) is 0 Å². The lowest BCUT2D eigenvalue weighted by atomic mass is 9.98. The van der Waals surface area contributed by atoms with Gasteiger partial charge < -0.3 is 15.3 Å². The molecule has 0 spiro atoms. The predicted octanol–water partition coefficient (Wildman–Crippen LogP) is 0.809. The fourth-order valence-corrected chi connectivity index (χ4v) is 3.59. The van der Waals surface area contributed by atoms with Gasteiger partial charge in [-0.15, -0.1) is 0 Å². The van der Waals surface area contributed by atoms with E-state index in [4.69, 9.17) is 0 Å². The van der Waals surface area contributed by atoms with E-state index < -0.39 is 5.54 Å². The van der Waals surface area contributed by atoms with Crippen molar-refractivity contribution >= 4 is 11.8 Å². The third-order valence-corrected chi connectivity index (χ3v) is 5.02. The molecule has 0 aromatic heterocycles. The van der Waals surface area contributed by atoms with Gasteiger partial charge in [-0.2, -0.15) is 0 Å². The summed E-state index contributed by atoms with van der Waals surface area (Å²) in [5.74, 6) is 0.265. The number of carbonyl (C=O) groups excluding carboxylic acids is 2. The van der Waals surface area contributed by atoms with Gasteiger partial charge in [-0.25, -0.2) is 0 Å². The Hall–Kier alpha value is -1.10. The van der Waals surface area contributed by atoms with Gasteiger partial charge >= 0.3 is 0 Å². The molecular formula is C15H24N2O3. The van der Waals surface area contributed by atoms with Crippen molar-refractivity contribution in [2.45, 2.75) is 62.9 Å². The Labute approximate surface area is 119 Å². The lowest BCUT2D eigenvalue weighted by molar-refractivity contribution is -0.140. The van der Waals surface area contributed by atoms with Gasteiger partial charge in [0.2, 0.25) is 11.8 Å². The summed E-state index contributed by atoms with van der Waals surface area (Å²) in [5, 5.41) is 12.6. The molecule has 112 valence electrons. The van der Waals surface area contributed by atoms with Gasteiger partial charge in [-0.05, 0) is 38.5 Å². The van der Waals surface area contributed by atoms with Crippen molar-refractivity contribution < 1.29 is 14.7 Å². The van der Waals surface area contributed by atoms with Gasteiger partial charge in [0.05, 0.1) is 12.1 Å². The monoisotopic (exact) mass is 280 g/mol. The lowest BCUT2D eigenvalue weighted by Gasteiger charge is -2.32. The van der Waals surface area contributed by atoms with Crippen LogP contribution in [-0.2, 0) is 9.59 Å². The molecule has 1 heterocycles. The molecule has 0 bridgehead atoms. The number of likely N-dealkylation sites (tertiary alicyclic amines) is 1. The molecule has 2 amide bonds. The number of aliphatic hydroxyl groups is 1. The largest absolute Gasteiger partial charge is 0.394 e. The van der Waals surface area contributed by atoms with Gasteiger partial charge in [0.25, 0.3) is 0 Å². The molecular weight excluding hydrogens is 256 g/mol. The second-order valence-electron chi connectivity index (χ2n) is 6.60. The summed E-state index contributed by atoms with van der Waals surface area (Å²) < 4.78 is 0. The first kappa shape index (κ1) is 13.9. The van der Waals surface area contributed by atoms with Crippen LogP contribution in [0.2, 0.25) is 0 Å². The summed E-state index contributed by atoms with van der Waals surface area (Å²) in [7, 11) is 0. The summed E-state index contributed by atoms with van der Waals surface area (Å²) in [6, 6.07) is -0.313. The summed E-state index contributed by atoms with van der Waals surface area (Å²) in [6.07, 6.45) is 7.41. The van der Waals surface area contributed by atoms with Crippen LogP contribution in [0.5, 0.6) is 0 Å². The smallest absolute Gasteiger partial charge is 0.243 e. The fraction of sp³-hybridized carbons (Fsp3) is 0.867. The van der Waals surface area contributed by atoms with E-state index in [0.29, 0.717) is 6.54 Å². The maximum absolute atomic E-state index is 12.5. The van der Waals surface area contributed by atoms with Crippen molar-refractivity contribution in [3.8, 4) is 0 Å². The molecule has 20 heavy (non-hydrogen) atoms. The summed E-state index contributed by atoms with van der Waals surface area (Å²) in [6.45, 7) is 0.710. The number of hydrogen-bond donors (Lipinski definition) is 2. The maximum Gasteiger partial charge on any atom is 0.243 e. The van der Waals surface area contributed by atoms with Crippen LogP contribution in [0, 0.1) is 5.92 Å². The van der Waals surface area contributed by atoms with Crippen LogP contribution in [0.3, 0.4) is 0 Å². The molecule has 1 atom stereocenters. The van der Waals surface area contributed by atoms with Crippen molar-refractivity contribution in [3.05, 3.63) is 0 Å². The van der Waals surface area contributed by atoms with Gasteiger partial charge in [0.1, 0.15) is 6.04 Å². The van der Waals surface area contributed by atoms with E-state index in [9.17, 15) is 14.7 Å². The first-order chi connectivity index (χ1) is 9.65. The van der Waals surface area contributed by atoms with Crippen molar-refractivity contribution in [2.75, 3.05) is 13.2 Å². The highest BCUT2D eigenvalue weighted by Gasteiger charge is 2.43. The van der Waals surface area contributed by atoms with Gasteiger partial charge in [0, 0.05) is 12.5 Å². The number of rotatable bonds is 4. The van der Waals surface area contributed by atoms with Crippen molar-refractivity contribution in [2.24, 2.45) is 5.92 Å². The molecule has 2 aliphatic carbocycles. The predicted molar refractivity (Wildman–Crippen MR) is 73.9 cm³/mol. The fourth-order valence-electron chi connectivity index (χ4n) is 3.59. The first-order valence-electron chi connectivity index (χ1n) is 7.89. The molecule has 0 aromatic carbocycles. The third kappa shape index (κ3) is 2.55. The molecule has 2 saturated carbocycles. The Balaban J connectivity index is 1.64. The van der Waals surface area contributed by atoms with Crippen LogP contribution in [-0.4, -0.2) is 46.6 Å². The van der Waals surface area contributed by atoms with Crippen LogP contribution >= 0.6 is 0 Å². The van der Waals surface area contributed by atoms with Gasteiger partial charge in [-0.1, -0.05) is 12.8 Å². The zero-order chi connectivity index (χ0) is 14.2. The first-order valence-corrected chi connectivity index (χ1v) is 7.89. The number of carbonyl (C=O) groups is 2. The molecule has 0 aromatic rings. The average Bonchev–Trinajstić information content (AvgIpc) is 3.01. The van der Waals surface area contributed by atoms with E-state index in [-0.39, 0.29) is 30.4 Å². The van der Waals surface area contributed by atoms with E-state index in [2.05, 4.69) is 5.32 Å². The second-order valence-corrected chi connectivity index (χ2v) is 6.60. The highest BCUT2D eigenvalue weighted by molar-refractivity contribution is 5.90. The molecule has 5 heteroatoms. The summed E-state index contributed by atoms with van der Waals surface area (Å²) in [4.78, 5) is 26.5. The standard InChI is InChI=1S/C15H24N2O3/c18-10-15(7-1-2-8-15)16-13(19)12-4-3-9-17(12)14(20)11-5-6-11/h11-12,18H,1-10H2,(H,16,19). The van der Waals surface area contributed by atoms with E-state index >= 15 is 0 Å². The molecule has 2 N–H and O–H groups in total. The summed E-state index contributed by atoms with van der Waals surface area (Å²) >= 11 is 0. The van der Waals surface area contributed by atoms with Crippen LogP contribution in [0.4, 0.5) is 0 Å². The van der Waals surface area contributed by atoms with Crippen LogP contribution in [0.15, 0.2) is 0 Å². The molecule has 3 aliphatic rings. The molecule has 1 unspecified atom stereocenters. The average molecular weight is 280 g/mol. The quantitative estimate of drug-likeness (QED) is 0.800. The summed E-state index contributed by atoms with van der Waals surface area (Å²) in [5.41, 5.74) is -0.437. The number of nitrogens with zero attached hydrogens (tertiary/aromatic N) is 1. The number of hydrogen-bond acceptors (Lipinski definition) is 3. The minimum Gasteiger partial charge on any atom is -0.394 e. The third-order valence-electron chi connectivity index (χ3n) is 5.02. The zero-order valence-electron chi connectivity index (χ0n) is 11.9. The normalized spacial score (nSPS) is 28.6. The Bertz CT molecular complexity index is 400. The number of aliphatic hydroxyl groups excluding tert-OH is 1. The molecule has 0 radical (unpaired) electrons. The Morgan fingerprint density at radius 3 is 2.45 bits per heavy atom.